The van der Waals surface area contributed by atoms with E-state index in [9.17, 15) is 0 Å². The van der Waals surface area contributed by atoms with Crippen LogP contribution in [0.25, 0.3) is 5.82 Å². The number of rotatable bonds is 4. The summed E-state index contributed by atoms with van der Waals surface area (Å²) in [5, 5.41) is 7.23. The SMILES string of the molecule is CCCNc1ncnc(-n2cncn2)c1Br. The van der Waals surface area contributed by atoms with Crippen molar-refractivity contribution in [2.45, 2.75) is 13.3 Å². The lowest BCUT2D eigenvalue weighted by Gasteiger charge is -2.08. The Morgan fingerprint density at radius 2 is 2.25 bits per heavy atom. The fraction of sp³-hybridized carbons (Fsp3) is 0.333. The average Bonchev–Trinajstić information content (AvgIpc) is 2.81. The summed E-state index contributed by atoms with van der Waals surface area (Å²) in [5.41, 5.74) is 0. The topological polar surface area (TPSA) is 68.5 Å². The Balaban J connectivity index is 2.33. The number of nitrogens with one attached hydrogen (secondary N) is 1. The van der Waals surface area contributed by atoms with E-state index in [1.807, 2.05) is 0 Å². The third-order valence-corrected chi connectivity index (χ3v) is 2.68. The van der Waals surface area contributed by atoms with Gasteiger partial charge in [-0.1, -0.05) is 6.92 Å². The van der Waals surface area contributed by atoms with Gasteiger partial charge in [0.1, 0.15) is 29.3 Å². The molecular weight excluding hydrogens is 272 g/mol. The predicted molar refractivity (Wildman–Crippen MR) is 63.4 cm³/mol. The van der Waals surface area contributed by atoms with Crippen LogP contribution in [-0.2, 0) is 0 Å². The molecule has 0 aliphatic rings. The van der Waals surface area contributed by atoms with Gasteiger partial charge in [0.05, 0.1) is 0 Å². The van der Waals surface area contributed by atoms with Gasteiger partial charge in [0.2, 0.25) is 0 Å². The smallest absolute Gasteiger partial charge is 0.174 e. The van der Waals surface area contributed by atoms with Crippen molar-refractivity contribution in [2.75, 3.05) is 11.9 Å². The summed E-state index contributed by atoms with van der Waals surface area (Å²) < 4.78 is 2.37. The normalized spacial score (nSPS) is 10.4. The van der Waals surface area contributed by atoms with Crippen molar-refractivity contribution in [3.8, 4) is 5.82 Å². The monoisotopic (exact) mass is 282 g/mol. The molecule has 0 unspecified atom stereocenters. The molecular formula is C9H11BrN6. The largest absolute Gasteiger partial charge is 0.369 e. The molecule has 2 heterocycles. The van der Waals surface area contributed by atoms with Gasteiger partial charge >= 0.3 is 0 Å². The molecule has 0 bridgehead atoms. The number of hydrogen-bond donors (Lipinski definition) is 1. The summed E-state index contributed by atoms with van der Waals surface area (Å²) in [7, 11) is 0. The van der Waals surface area contributed by atoms with E-state index >= 15 is 0 Å². The standard InChI is InChI=1S/C9H11BrN6/c1-2-3-12-8-7(10)9(14-5-13-8)16-6-11-4-15-16/h4-6H,2-3H2,1H3,(H,12,13,14). The van der Waals surface area contributed by atoms with Crippen LogP contribution >= 0.6 is 15.9 Å². The molecule has 0 spiro atoms. The molecule has 0 saturated carbocycles. The second-order valence-corrected chi connectivity index (χ2v) is 3.92. The maximum Gasteiger partial charge on any atom is 0.174 e. The zero-order valence-corrected chi connectivity index (χ0v) is 10.3. The molecule has 0 fully saturated rings. The molecule has 0 amide bonds. The van der Waals surface area contributed by atoms with E-state index in [1.54, 1.807) is 11.0 Å². The van der Waals surface area contributed by atoms with Crippen molar-refractivity contribution in [2.24, 2.45) is 0 Å². The average molecular weight is 283 g/mol. The predicted octanol–water partition coefficient (Wildman–Crippen LogP) is 1.64. The molecule has 2 rings (SSSR count). The Hall–Kier alpha value is -1.50. The first-order valence-electron chi connectivity index (χ1n) is 4.92. The van der Waals surface area contributed by atoms with E-state index in [0.717, 1.165) is 23.3 Å². The molecule has 16 heavy (non-hydrogen) atoms. The van der Waals surface area contributed by atoms with Crippen molar-refractivity contribution in [3.05, 3.63) is 23.5 Å². The Bertz CT molecular complexity index is 455. The number of aromatic nitrogens is 5. The van der Waals surface area contributed by atoms with Crippen LogP contribution in [0.5, 0.6) is 0 Å². The number of anilines is 1. The van der Waals surface area contributed by atoms with Gasteiger partial charge in [0.15, 0.2) is 5.82 Å². The third-order valence-electron chi connectivity index (χ3n) is 1.95. The lowest BCUT2D eigenvalue weighted by atomic mass is 10.4. The van der Waals surface area contributed by atoms with Gasteiger partial charge in [-0.15, -0.1) is 0 Å². The van der Waals surface area contributed by atoms with Crippen LogP contribution in [0, 0.1) is 0 Å². The van der Waals surface area contributed by atoms with E-state index in [0.29, 0.717) is 5.82 Å². The van der Waals surface area contributed by atoms with Crippen LogP contribution in [0.2, 0.25) is 0 Å². The second-order valence-electron chi connectivity index (χ2n) is 3.13. The highest BCUT2D eigenvalue weighted by Gasteiger charge is 2.09. The number of nitrogens with zero attached hydrogens (tertiary/aromatic N) is 5. The van der Waals surface area contributed by atoms with Crippen molar-refractivity contribution < 1.29 is 0 Å². The van der Waals surface area contributed by atoms with Crippen LogP contribution in [0.3, 0.4) is 0 Å². The van der Waals surface area contributed by atoms with Gasteiger partial charge in [-0.05, 0) is 22.4 Å². The molecule has 2 aromatic heterocycles. The maximum absolute atomic E-state index is 4.16. The zero-order valence-electron chi connectivity index (χ0n) is 8.76. The van der Waals surface area contributed by atoms with Crippen LogP contribution in [0.1, 0.15) is 13.3 Å². The van der Waals surface area contributed by atoms with Crippen molar-refractivity contribution in [1.82, 2.24) is 24.7 Å². The molecule has 0 saturated heterocycles. The highest BCUT2D eigenvalue weighted by atomic mass is 79.9. The third kappa shape index (κ3) is 2.19. The van der Waals surface area contributed by atoms with E-state index in [-0.39, 0.29) is 0 Å². The maximum atomic E-state index is 4.16. The van der Waals surface area contributed by atoms with Crippen molar-refractivity contribution in [3.63, 3.8) is 0 Å². The minimum absolute atomic E-state index is 0.672. The lowest BCUT2D eigenvalue weighted by Crippen LogP contribution is -2.07. The van der Waals surface area contributed by atoms with Crippen molar-refractivity contribution >= 4 is 21.7 Å². The first-order chi connectivity index (χ1) is 7.83. The van der Waals surface area contributed by atoms with Gasteiger partial charge in [-0.25, -0.2) is 19.6 Å². The van der Waals surface area contributed by atoms with E-state index in [2.05, 4.69) is 48.2 Å². The second kappa shape index (κ2) is 5.02. The summed E-state index contributed by atoms with van der Waals surface area (Å²) in [6, 6.07) is 0. The first-order valence-corrected chi connectivity index (χ1v) is 5.71. The Kier molecular flexibility index (Phi) is 3.45. The minimum Gasteiger partial charge on any atom is -0.369 e. The van der Waals surface area contributed by atoms with Gasteiger partial charge in [0, 0.05) is 6.54 Å². The van der Waals surface area contributed by atoms with Crippen LogP contribution in [-0.4, -0.2) is 31.3 Å². The summed E-state index contributed by atoms with van der Waals surface area (Å²) in [4.78, 5) is 12.2. The van der Waals surface area contributed by atoms with E-state index < -0.39 is 0 Å². The summed E-state index contributed by atoms with van der Waals surface area (Å²) in [5.74, 6) is 1.44. The summed E-state index contributed by atoms with van der Waals surface area (Å²) in [6.07, 6.45) is 5.60. The summed E-state index contributed by atoms with van der Waals surface area (Å²) in [6.45, 7) is 2.97. The van der Waals surface area contributed by atoms with E-state index in [1.165, 1.54) is 12.7 Å². The minimum atomic E-state index is 0.672. The summed E-state index contributed by atoms with van der Waals surface area (Å²) >= 11 is 3.46. The van der Waals surface area contributed by atoms with E-state index in [4.69, 9.17) is 0 Å². The first kappa shape index (κ1) is 11.0. The molecule has 2 aromatic rings. The Morgan fingerprint density at radius 1 is 1.38 bits per heavy atom. The van der Waals surface area contributed by atoms with Gasteiger partial charge in [-0.3, -0.25) is 0 Å². The van der Waals surface area contributed by atoms with Gasteiger partial charge in [0.25, 0.3) is 0 Å². The molecule has 0 aliphatic carbocycles. The lowest BCUT2D eigenvalue weighted by molar-refractivity contribution is 0.830. The van der Waals surface area contributed by atoms with Crippen LogP contribution < -0.4 is 5.32 Å². The zero-order chi connectivity index (χ0) is 11.4. The molecule has 0 aromatic carbocycles. The number of halogens is 1. The Morgan fingerprint density at radius 3 is 2.94 bits per heavy atom. The molecule has 0 atom stereocenters. The van der Waals surface area contributed by atoms with Crippen molar-refractivity contribution in [1.29, 1.82) is 0 Å². The molecule has 1 N–H and O–H groups in total. The fourth-order valence-corrected chi connectivity index (χ4v) is 1.73. The molecule has 84 valence electrons. The quantitative estimate of drug-likeness (QED) is 0.923. The molecule has 6 nitrogen and oxygen atoms in total. The number of hydrogen-bond acceptors (Lipinski definition) is 5. The van der Waals surface area contributed by atoms with Crippen LogP contribution in [0.4, 0.5) is 5.82 Å². The highest BCUT2D eigenvalue weighted by Crippen LogP contribution is 2.24. The molecule has 7 heteroatoms. The van der Waals surface area contributed by atoms with Gasteiger partial charge < -0.3 is 5.32 Å². The van der Waals surface area contributed by atoms with Gasteiger partial charge in [-0.2, -0.15) is 5.10 Å². The van der Waals surface area contributed by atoms with Crippen LogP contribution in [0.15, 0.2) is 23.5 Å². The molecule has 0 aliphatic heterocycles. The Labute approximate surface area is 101 Å². The molecule has 0 radical (unpaired) electrons. The fourth-order valence-electron chi connectivity index (χ4n) is 1.20. The highest BCUT2D eigenvalue weighted by molar-refractivity contribution is 9.10.